The zero-order chi connectivity index (χ0) is 57.1. The molecule has 8 rings (SSSR count). The lowest BCUT2D eigenvalue weighted by Crippen LogP contribution is -2.33. The summed E-state index contributed by atoms with van der Waals surface area (Å²) in [5.41, 5.74) is 0.718. The van der Waals surface area contributed by atoms with Crippen LogP contribution in [0.2, 0.25) is 0 Å². The molecule has 29 nitrogen and oxygen atoms in total. The number of imidazole rings is 1. The van der Waals surface area contributed by atoms with Crippen LogP contribution in [0.15, 0.2) is 135 Å². The van der Waals surface area contributed by atoms with Gasteiger partial charge in [0.05, 0.1) is 65.9 Å². The number of carbonyl (C=O) groups is 2. The number of fused-ring (bicyclic) bond motifs is 3. The van der Waals surface area contributed by atoms with Crippen LogP contribution in [0.4, 0.5) is 34.1 Å². The van der Waals surface area contributed by atoms with Crippen LogP contribution in [-0.2, 0) is 49.3 Å². The van der Waals surface area contributed by atoms with Gasteiger partial charge in [0, 0.05) is 34.5 Å². The number of nitrogens with zero attached hydrogens (tertiary/aromatic N) is 9. The number of aryl methyl sites for hydroxylation is 2. The second kappa shape index (κ2) is 22.9. The number of hydrogen-bond donors (Lipinski definition) is 7. The molecule has 6 aromatic carbocycles. The molecule has 0 bridgehead atoms. The molecule has 33 heteroatoms. The van der Waals surface area contributed by atoms with Gasteiger partial charge < -0.3 is 29.4 Å². The molecule has 0 fully saturated rings. The number of aromatic nitrogens is 2. The van der Waals surface area contributed by atoms with E-state index in [9.17, 15) is 58.7 Å². The van der Waals surface area contributed by atoms with Crippen LogP contribution < -0.4 is 19.2 Å². The number of carboxylic acid groups (broad SMARTS) is 1. The van der Waals surface area contributed by atoms with E-state index in [2.05, 4.69) is 50.8 Å². The predicted octanol–water partition coefficient (Wildman–Crippen LogP) is 9.07. The topological polar surface area (TPSA) is 423 Å². The Kier molecular flexibility index (Phi) is 16.5. The molecule has 7 N–H and O–H groups in total. The summed E-state index contributed by atoms with van der Waals surface area (Å²) in [4.78, 5) is 32.7. The van der Waals surface area contributed by atoms with Crippen molar-refractivity contribution in [2.75, 3.05) is 31.6 Å². The molecule has 0 aliphatic carbocycles. The number of benzene rings is 6. The maximum Gasteiger partial charge on any atom is 0.355 e. The van der Waals surface area contributed by atoms with Crippen molar-refractivity contribution in [2.24, 2.45) is 35.8 Å². The first kappa shape index (κ1) is 56.8. The fourth-order valence-electron chi connectivity index (χ4n) is 7.70. The smallest absolute Gasteiger partial charge is 0.355 e. The number of amides is 1. The van der Waals surface area contributed by atoms with Gasteiger partial charge in [0.2, 0.25) is 6.04 Å². The highest BCUT2D eigenvalue weighted by atomic mass is 32.2. The van der Waals surface area contributed by atoms with Crippen LogP contribution in [0.25, 0.3) is 33.2 Å². The van der Waals surface area contributed by atoms with Gasteiger partial charge in [-0.25, -0.2) is 15.0 Å². The van der Waals surface area contributed by atoms with Gasteiger partial charge in [-0.05, 0) is 98.1 Å². The number of H-pyrrole nitrogens is 1. The number of aliphatic carboxylic acids is 1. The molecule has 0 radical (unpaired) electrons. The molecule has 0 spiro atoms. The van der Waals surface area contributed by atoms with Crippen LogP contribution in [0, 0.1) is 13.8 Å². The maximum atomic E-state index is 13.6. The molecule has 412 valence electrons. The van der Waals surface area contributed by atoms with Crippen molar-refractivity contribution in [3.8, 4) is 34.4 Å². The number of nitrogens with one attached hydrogen (secondary N) is 1. The lowest BCUT2D eigenvalue weighted by atomic mass is 10.1. The molecule has 1 atom stereocenters. The van der Waals surface area contributed by atoms with Crippen LogP contribution in [0.1, 0.15) is 17.5 Å². The third-order valence-electron chi connectivity index (χ3n) is 11.4. The van der Waals surface area contributed by atoms with E-state index < -0.39 is 75.3 Å². The Morgan fingerprint density at radius 3 is 2.10 bits per heavy atom. The number of carbonyl (C=O) groups excluding carboxylic acids is 1. The zero-order valence-corrected chi connectivity index (χ0v) is 44.2. The Labute approximate surface area is 450 Å². The number of hydrazone groups is 1. The van der Waals surface area contributed by atoms with E-state index in [0.29, 0.717) is 45.4 Å². The van der Waals surface area contributed by atoms with Crippen LogP contribution >= 0.6 is 12.0 Å². The van der Waals surface area contributed by atoms with E-state index in [0.717, 1.165) is 17.1 Å². The number of carboxylic acids is 1. The first-order chi connectivity index (χ1) is 37.4. The molecular formula is C46H40N10O19S4. The van der Waals surface area contributed by atoms with Crippen molar-refractivity contribution in [3.05, 3.63) is 96.1 Å². The first-order valence-corrected chi connectivity index (χ1v) is 27.5. The molecule has 1 aliphatic heterocycles. The summed E-state index contributed by atoms with van der Waals surface area (Å²) in [6, 6.07) is 17.6. The fraction of sp³-hybridized carbons (Fsp3) is 0.174. The Hall–Kier alpha value is -8.38. The quantitative estimate of drug-likeness (QED) is 0.00880. The zero-order valence-electron chi connectivity index (χ0n) is 40.9. The number of phenolic OH excluding ortho intramolecular Hbond substituents is 1. The number of rotatable bonds is 21. The monoisotopic (exact) mass is 1160 g/mol. The van der Waals surface area contributed by atoms with Gasteiger partial charge in [-0.15, -0.1) is 19.7 Å². The van der Waals surface area contributed by atoms with Gasteiger partial charge in [-0.1, -0.05) is 5.04 Å². The molecular weight excluding hydrogens is 1120 g/mol. The Morgan fingerprint density at radius 2 is 1.44 bits per heavy atom. The highest BCUT2D eigenvalue weighted by molar-refractivity contribution is 7.94. The number of aromatic amines is 1. The van der Waals surface area contributed by atoms with E-state index >= 15 is 0 Å². The SMILES string of the molecule is COc1ccc(N=Nc2cc(OCCCS(=O)(=O)O)c(N=Nc3c(SOOO)cc4c(ccc5nc(-c6ccc(N7N=C(C(=O)O)C(N=Nc8cc(C)c(S(=O)(=O)O)cc8OC)C7=O)cc6)[nH]c54)c3O)cc2C)c(S(=O)(=O)O)c1. The summed E-state index contributed by atoms with van der Waals surface area (Å²) in [6.45, 7) is 2.67. The third-order valence-corrected chi connectivity index (χ3v) is 14.7. The standard InChI is InChI=1S/C46H40N10O19S4/c1-22-16-33(35(73-14-5-15-77(62,63)64)20-31(22)50-49-29-12-10-26(71-3)18-38(29)79(68,69)70)52-53-40-36(76-75-74-61)19-28-27(43(40)57)11-13-30-39(28)48-44(47-30)24-6-8-25(9-7-24)56-45(58)41(42(55-56)46(59)60)54-51-32-17-23(2)37(78(65,66)67)21-34(32)72-4/h6-13,16-21,41,57,61H,5,14-15H2,1-4H3,(H,47,48)(H,59,60)(H,62,63,64)(H,65,66,67)(H,68,69,70). The molecule has 0 saturated heterocycles. The number of ether oxygens (including phenoxy) is 3. The number of methoxy groups -OCH3 is 2. The Bertz CT molecular complexity index is 4080. The summed E-state index contributed by atoms with van der Waals surface area (Å²) >= 11 is 0.428. The highest BCUT2D eigenvalue weighted by Crippen LogP contribution is 2.47. The minimum absolute atomic E-state index is 0.00489. The largest absolute Gasteiger partial charge is 0.505 e. The van der Waals surface area contributed by atoms with Crippen molar-refractivity contribution in [2.45, 2.75) is 41.0 Å². The lowest BCUT2D eigenvalue weighted by Gasteiger charge is -2.13. The van der Waals surface area contributed by atoms with Crippen molar-refractivity contribution >= 4 is 116 Å². The van der Waals surface area contributed by atoms with E-state index in [-0.39, 0.29) is 80.2 Å². The van der Waals surface area contributed by atoms with E-state index in [1.807, 2.05) is 0 Å². The average molecular weight is 1170 g/mol. The highest BCUT2D eigenvalue weighted by Gasteiger charge is 2.41. The van der Waals surface area contributed by atoms with E-state index in [4.69, 9.17) is 23.8 Å². The third kappa shape index (κ3) is 12.7. The normalized spacial score (nSPS) is 14.4. The van der Waals surface area contributed by atoms with Crippen molar-refractivity contribution in [1.29, 1.82) is 0 Å². The molecule has 0 saturated carbocycles. The molecule has 1 unspecified atom stereocenters. The van der Waals surface area contributed by atoms with Crippen LogP contribution in [0.5, 0.6) is 23.0 Å². The Balaban J connectivity index is 1.09. The first-order valence-electron chi connectivity index (χ1n) is 22.3. The summed E-state index contributed by atoms with van der Waals surface area (Å²) in [7, 11) is -11.3. The number of phenols is 1. The minimum Gasteiger partial charge on any atom is -0.505 e. The van der Waals surface area contributed by atoms with Gasteiger partial charge in [0.1, 0.15) is 55.6 Å². The number of hydrogen-bond acceptors (Lipinski definition) is 24. The predicted molar refractivity (Wildman–Crippen MR) is 279 cm³/mol. The minimum atomic E-state index is -4.78. The summed E-state index contributed by atoms with van der Waals surface area (Å²) in [5, 5.41) is 64.8. The van der Waals surface area contributed by atoms with Crippen molar-refractivity contribution < 1.29 is 87.6 Å². The van der Waals surface area contributed by atoms with Gasteiger partial charge in [0.15, 0.2) is 11.5 Å². The van der Waals surface area contributed by atoms with Crippen molar-refractivity contribution in [1.82, 2.24) is 9.97 Å². The molecule has 79 heavy (non-hydrogen) atoms. The molecule has 1 aromatic heterocycles. The second-order valence-electron chi connectivity index (χ2n) is 16.6. The summed E-state index contributed by atoms with van der Waals surface area (Å²) in [5.74, 6) is -3.36. The molecule has 2 heterocycles. The summed E-state index contributed by atoms with van der Waals surface area (Å²) < 4.78 is 120. The lowest BCUT2D eigenvalue weighted by molar-refractivity contribution is -0.432. The van der Waals surface area contributed by atoms with E-state index in [1.165, 1.54) is 75.7 Å². The second-order valence-corrected chi connectivity index (χ2v) is 21.7. The van der Waals surface area contributed by atoms with Gasteiger partial charge in [0.25, 0.3) is 36.3 Å². The number of anilines is 1. The van der Waals surface area contributed by atoms with Gasteiger partial charge in [-0.3, -0.25) is 18.5 Å². The van der Waals surface area contributed by atoms with Crippen molar-refractivity contribution in [3.63, 3.8) is 0 Å². The van der Waals surface area contributed by atoms with Gasteiger partial charge in [-0.2, -0.15) is 50.7 Å². The number of azo groups is 3. The van der Waals surface area contributed by atoms with E-state index in [1.54, 1.807) is 25.1 Å². The molecule has 1 aliphatic rings. The average Bonchev–Trinajstić information content (AvgIpc) is 4.20. The van der Waals surface area contributed by atoms with Crippen LogP contribution in [-0.4, -0.2) is 115 Å². The maximum absolute atomic E-state index is 13.6. The van der Waals surface area contributed by atoms with Crippen LogP contribution in [0.3, 0.4) is 0 Å². The molecule has 7 aromatic rings. The van der Waals surface area contributed by atoms with Gasteiger partial charge >= 0.3 is 5.97 Å². The number of aromatic hydroxyl groups is 1. The fourth-order valence-corrected chi connectivity index (χ4v) is 10.0. The summed E-state index contributed by atoms with van der Waals surface area (Å²) in [6.07, 6.45) is -0.175. The molecule has 1 amide bonds. The Morgan fingerprint density at radius 1 is 0.759 bits per heavy atom.